The van der Waals surface area contributed by atoms with Gasteiger partial charge < -0.3 is 11.1 Å². The number of anilines is 1. The van der Waals surface area contributed by atoms with E-state index in [0.717, 1.165) is 33.3 Å². The maximum absolute atomic E-state index is 5.92. The number of nitrogens with one attached hydrogen (secondary N) is 1. The Morgan fingerprint density at radius 1 is 1.36 bits per heavy atom. The van der Waals surface area contributed by atoms with Crippen LogP contribution in [0.4, 0.5) is 5.69 Å². The van der Waals surface area contributed by atoms with Gasteiger partial charge in [-0.3, -0.25) is 4.98 Å². The molecule has 3 aromatic heterocycles. The first kappa shape index (κ1) is 15.3. The van der Waals surface area contributed by atoms with Gasteiger partial charge in [-0.15, -0.1) is 16.4 Å². The van der Waals surface area contributed by atoms with Crippen molar-refractivity contribution in [2.75, 3.05) is 5.32 Å². The van der Waals surface area contributed by atoms with Crippen molar-refractivity contribution in [3.63, 3.8) is 0 Å². The molecule has 0 spiro atoms. The number of rotatable bonds is 5. The summed E-state index contributed by atoms with van der Waals surface area (Å²) in [6, 6.07) is 4.10. The molecular formula is C15H16BrN5S. The number of nitrogens with zero attached hydrogens (tertiary/aromatic N) is 3. The van der Waals surface area contributed by atoms with Crippen LogP contribution < -0.4 is 11.1 Å². The number of halogens is 1. The van der Waals surface area contributed by atoms with Crippen molar-refractivity contribution >= 4 is 43.2 Å². The van der Waals surface area contributed by atoms with Gasteiger partial charge in [-0.1, -0.05) is 0 Å². The lowest BCUT2D eigenvalue weighted by molar-refractivity contribution is 0.745. The average Bonchev–Trinajstić information content (AvgIpc) is 2.83. The van der Waals surface area contributed by atoms with Crippen molar-refractivity contribution in [2.45, 2.75) is 25.9 Å². The summed E-state index contributed by atoms with van der Waals surface area (Å²) in [6.45, 7) is 2.73. The lowest BCUT2D eigenvalue weighted by atomic mass is 10.2. The van der Waals surface area contributed by atoms with Gasteiger partial charge in [0.25, 0.3) is 0 Å². The van der Waals surface area contributed by atoms with Gasteiger partial charge in [0.05, 0.1) is 21.1 Å². The smallest absolute Gasteiger partial charge is 0.120 e. The highest BCUT2D eigenvalue weighted by atomic mass is 79.9. The highest BCUT2D eigenvalue weighted by Gasteiger charge is 2.15. The molecule has 3 aromatic rings. The predicted molar refractivity (Wildman–Crippen MR) is 94.0 cm³/mol. The molecule has 5 nitrogen and oxygen atoms in total. The molecule has 0 aromatic carbocycles. The topological polar surface area (TPSA) is 76.7 Å². The predicted octanol–water partition coefficient (Wildman–Crippen LogP) is 3.35. The van der Waals surface area contributed by atoms with Crippen molar-refractivity contribution in [2.24, 2.45) is 5.73 Å². The van der Waals surface area contributed by atoms with E-state index >= 15 is 0 Å². The third-order valence-electron chi connectivity index (χ3n) is 3.22. The largest absolute Gasteiger partial charge is 0.378 e. The molecule has 22 heavy (non-hydrogen) atoms. The molecule has 3 rings (SSSR count). The first-order valence-electron chi connectivity index (χ1n) is 6.96. The van der Waals surface area contributed by atoms with Crippen molar-refractivity contribution in [3.05, 3.63) is 45.6 Å². The van der Waals surface area contributed by atoms with Crippen LogP contribution in [0.1, 0.15) is 17.4 Å². The summed E-state index contributed by atoms with van der Waals surface area (Å²) in [5.41, 5.74) is 8.97. The van der Waals surface area contributed by atoms with E-state index in [0.29, 0.717) is 0 Å². The third-order valence-corrected chi connectivity index (χ3v) is 5.57. The van der Waals surface area contributed by atoms with Crippen molar-refractivity contribution in [1.82, 2.24) is 15.2 Å². The summed E-state index contributed by atoms with van der Waals surface area (Å²) in [7, 11) is 0. The molecule has 3 heterocycles. The lowest BCUT2D eigenvalue weighted by Crippen LogP contribution is -2.17. The highest BCUT2D eigenvalue weighted by molar-refractivity contribution is 9.10. The third kappa shape index (κ3) is 3.26. The zero-order chi connectivity index (χ0) is 15.5. The number of hydrogen-bond acceptors (Lipinski definition) is 6. The number of thiophene rings is 1. The summed E-state index contributed by atoms with van der Waals surface area (Å²) < 4.78 is 2.11. The first-order valence-corrected chi connectivity index (χ1v) is 8.57. The molecule has 7 heteroatoms. The second-order valence-corrected chi connectivity index (χ2v) is 7.06. The lowest BCUT2D eigenvalue weighted by Gasteiger charge is -2.06. The fourth-order valence-electron chi connectivity index (χ4n) is 2.17. The Kier molecular flexibility index (Phi) is 4.66. The molecule has 0 saturated heterocycles. The van der Waals surface area contributed by atoms with Gasteiger partial charge in [-0.2, -0.15) is 5.10 Å². The highest BCUT2D eigenvalue weighted by Crippen LogP contribution is 2.38. The van der Waals surface area contributed by atoms with Gasteiger partial charge in [0.1, 0.15) is 5.52 Å². The normalized spacial score (nSPS) is 12.5. The van der Waals surface area contributed by atoms with Crippen LogP contribution >= 0.6 is 27.3 Å². The van der Waals surface area contributed by atoms with Crippen LogP contribution in [-0.4, -0.2) is 21.2 Å². The minimum atomic E-state index is 0.116. The van der Waals surface area contributed by atoms with Gasteiger partial charge in [0, 0.05) is 29.9 Å². The average molecular weight is 378 g/mol. The van der Waals surface area contributed by atoms with E-state index in [1.165, 1.54) is 10.4 Å². The molecule has 0 radical (unpaired) electrons. The molecule has 0 bridgehead atoms. The zero-order valence-electron chi connectivity index (χ0n) is 12.1. The van der Waals surface area contributed by atoms with E-state index in [1.54, 1.807) is 29.9 Å². The molecule has 0 amide bonds. The summed E-state index contributed by atoms with van der Waals surface area (Å²) in [5.74, 6) is 0. The van der Waals surface area contributed by atoms with E-state index in [1.807, 2.05) is 19.1 Å². The SMILES string of the molecule is C[C@H](N)Cc1sc2c(NCc3ccncc3)cnnc2c1Br. The van der Waals surface area contributed by atoms with Crippen LogP contribution in [-0.2, 0) is 13.0 Å². The number of nitrogens with two attached hydrogens (primary N) is 1. The summed E-state index contributed by atoms with van der Waals surface area (Å²) in [5, 5.41) is 11.8. The van der Waals surface area contributed by atoms with Crippen molar-refractivity contribution in [3.8, 4) is 0 Å². The molecule has 0 saturated carbocycles. The van der Waals surface area contributed by atoms with E-state index in [2.05, 4.69) is 36.4 Å². The molecular weight excluding hydrogens is 362 g/mol. The standard InChI is InChI=1S/C15H16BrN5S/c1-9(17)6-12-13(16)14-15(22-12)11(8-20-21-14)19-7-10-2-4-18-5-3-10/h2-5,8-9H,6-7,17H2,1H3,(H,19,21)/t9-/m0/s1. The maximum atomic E-state index is 5.92. The second kappa shape index (κ2) is 6.68. The van der Waals surface area contributed by atoms with Gasteiger partial charge >= 0.3 is 0 Å². The fraction of sp³-hybridized carbons (Fsp3) is 0.267. The van der Waals surface area contributed by atoms with Gasteiger partial charge in [-0.25, -0.2) is 0 Å². The molecule has 1 atom stereocenters. The minimum absolute atomic E-state index is 0.116. The Balaban J connectivity index is 1.89. The molecule has 0 unspecified atom stereocenters. The van der Waals surface area contributed by atoms with E-state index in [-0.39, 0.29) is 6.04 Å². The molecule has 0 aliphatic carbocycles. The first-order chi connectivity index (χ1) is 10.6. The van der Waals surface area contributed by atoms with Crippen LogP contribution in [0.5, 0.6) is 0 Å². The molecule has 0 aliphatic rings. The van der Waals surface area contributed by atoms with E-state index in [4.69, 9.17) is 5.73 Å². The zero-order valence-corrected chi connectivity index (χ0v) is 14.5. The summed E-state index contributed by atoms with van der Waals surface area (Å²) >= 11 is 5.34. The Hall–Kier alpha value is -1.57. The van der Waals surface area contributed by atoms with Crippen LogP contribution in [0.15, 0.2) is 35.2 Å². The number of pyridine rings is 1. The van der Waals surface area contributed by atoms with E-state index in [9.17, 15) is 0 Å². The molecule has 0 aliphatic heterocycles. The monoisotopic (exact) mass is 377 g/mol. The number of fused-ring (bicyclic) bond motifs is 1. The number of aromatic nitrogens is 3. The van der Waals surface area contributed by atoms with Crippen LogP contribution in [0.25, 0.3) is 10.2 Å². The maximum Gasteiger partial charge on any atom is 0.120 e. The molecule has 3 N–H and O–H groups in total. The minimum Gasteiger partial charge on any atom is -0.378 e. The Morgan fingerprint density at radius 2 is 2.14 bits per heavy atom. The quantitative estimate of drug-likeness (QED) is 0.712. The second-order valence-electron chi connectivity index (χ2n) is 5.17. The van der Waals surface area contributed by atoms with Crippen LogP contribution in [0.2, 0.25) is 0 Å². The summed E-state index contributed by atoms with van der Waals surface area (Å²) in [6.07, 6.45) is 6.17. The Labute approximate surface area is 141 Å². The van der Waals surface area contributed by atoms with Crippen LogP contribution in [0.3, 0.4) is 0 Å². The number of hydrogen-bond donors (Lipinski definition) is 2. The van der Waals surface area contributed by atoms with Gasteiger partial charge in [0.15, 0.2) is 0 Å². The van der Waals surface area contributed by atoms with Crippen molar-refractivity contribution < 1.29 is 0 Å². The Morgan fingerprint density at radius 3 is 2.86 bits per heavy atom. The van der Waals surface area contributed by atoms with Gasteiger partial charge in [-0.05, 0) is 47.0 Å². The van der Waals surface area contributed by atoms with E-state index < -0.39 is 0 Å². The Bertz CT molecular complexity index is 772. The van der Waals surface area contributed by atoms with Crippen molar-refractivity contribution in [1.29, 1.82) is 0 Å². The molecule has 114 valence electrons. The van der Waals surface area contributed by atoms with Crippen LogP contribution in [0, 0.1) is 0 Å². The summed E-state index contributed by atoms with van der Waals surface area (Å²) in [4.78, 5) is 5.23. The fourth-order valence-corrected chi connectivity index (χ4v) is 4.24. The molecule has 0 fully saturated rings. The van der Waals surface area contributed by atoms with Gasteiger partial charge in [0.2, 0.25) is 0 Å².